The molecular weight excluding hydrogens is 394 g/mol. The summed E-state index contributed by atoms with van der Waals surface area (Å²) in [5, 5.41) is 9.81. The van der Waals surface area contributed by atoms with Crippen LogP contribution in [0.4, 0.5) is 0 Å². The van der Waals surface area contributed by atoms with E-state index in [9.17, 15) is 4.79 Å². The molecule has 0 aliphatic rings. The lowest BCUT2D eigenvalue weighted by Gasteiger charge is -2.09. The van der Waals surface area contributed by atoms with Gasteiger partial charge in [-0.15, -0.1) is 10.2 Å². The summed E-state index contributed by atoms with van der Waals surface area (Å²) >= 11 is 7.23. The van der Waals surface area contributed by atoms with Crippen LogP contribution in [0.25, 0.3) is 17.3 Å². The molecule has 0 radical (unpaired) electrons. The Balaban J connectivity index is 1.64. The van der Waals surface area contributed by atoms with Gasteiger partial charge in [-0.05, 0) is 55.5 Å². The molecule has 2 aromatic carbocycles. The van der Waals surface area contributed by atoms with E-state index in [0.29, 0.717) is 27.3 Å². The Kier molecular flexibility index (Phi) is 5.32. The van der Waals surface area contributed by atoms with Gasteiger partial charge in [-0.3, -0.25) is 9.36 Å². The first kappa shape index (κ1) is 18.5. The molecule has 0 fully saturated rings. The van der Waals surface area contributed by atoms with Gasteiger partial charge in [0.2, 0.25) is 5.82 Å². The van der Waals surface area contributed by atoms with E-state index < -0.39 is 0 Å². The SMILES string of the molecule is Cc1ccc(-n2c(SCC(=O)c3ccc(Cl)cc3)nnc2-c2ccco2)cc1. The van der Waals surface area contributed by atoms with Gasteiger partial charge in [0.05, 0.1) is 12.0 Å². The zero-order valence-electron chi connectivity index (χ0n) is 15.0. The summed E-state index contributed by atoms with van der Waals surface area (Å²) < 4.78 is 7.41. The second-order valence-electron chi connectivity index (χ2n) is 6.17. The van der Waals surface area contributed by atoms with Crippen LogP contribution in [0, 0.1) is 6.92 Å². The highest BCUT2D eigenvalue weighted by Crippen LogP contribution is 2.29. The van der Waals surface area contributed by atoms with Gasteiger partial charge in [0.15, 0.2) is 16.7 Å². The van der Waals surface area contributed by atoms with E-state index in [1.165, 1.54) is 11.8 Å². The molecular formula is C21H16ClN3O2S. The number of benzene rings is 2. The lowest BCUT2D eigenvalue weighted by Crippen LogP contribution is -2.05. The first-order valence-electron chi connectivity index (χ1n) is 8.60. The van der Waals surface area contributed by atoms with Crippen LogP contribution < -0.4 is 0 Å². The largest absolute Gasteiger partial charge is 0.461 e. The molecule has 0 amide bonds. The molecule has 0 spiro atoms. The molecule has 4 rings (SSSR count). The third-order valence-electron chi connectivity index (χ3n) is 4.17. The Labute approximate surface area is 171 Å². The van der Waals surface area contributed by atoms with Gasteiger partial charge >= 0.3 is 0 Å². The number of Topliss-reactive ketones (excluding diaryl/α,β-unsaturated/α-hetero) is 1. The summed E-state index contributed by atoms with van der Waals surface area (Å²) in [5.74, 6) is 1.45. The van der Waals surface area contributed by atoms with Crippen LogP contribution in [0.1, 0.15) is 15.9 Å². The third kappa shape index (κ3) is 3.88. The number of halogens is 1. The van der Waals surface area contributed by atoms with Crippen molar-refractivity contribution in [3.8, 4) is 17.3 Å². The highest BCUT2D eigenvalue weighted by molar-refractivity contribution is 7.99. The minimum atomic E-state index is -0.000304. The highest BCUT2D eigenvalue weighted by atomic mass is 35.5. The van der Waals surface area contributed by atoms with Gasteiger partial charge in [0.25, 0.3) is 0 Å². The molecule has 0 bridgehead atoms. The van der Waals surface area contributed by atoms with Gasteiger partial charge in [-0.2, -0.15) is 0 Å². The molecule has 4 aromatic rings. The molecule has 2 aromatic heterocycles. The number of rotatable bonds is 6. The monoisotopic (exact) mass is 409 g/mol. The molecule has 7 heteroatoms. The van der Waals surface area contributed by atoms with Crippen molar-refractivity contribution < 1.29 is 9.21 Å². The molecule has 0 atom stereocenters. The number of carbonyl (C=O) groups excluding carboxylic acids is 1. The predicted octanol–water partition coefficient (Wildman–Crippen LogP) is 5.46. The topological polar surface area (TPSA) is 60.9 Å². The molecule has 0 saturated carbocycles. The number of thioether (sulfide) groups is 1. The van der Waals surface area contributed by atoms with Crippen molar-refractivity contribution in [3.05, 3.63) is 83.1 Å². The van der Waals surface area contributed by atoms with Gasteiger partial charge in [0, 0.05) is 16.3 Å². The van der Waals surface area contributed by atoms with Gasteiger partial charge in [0.1, 0.15) is 0 Å². The second-order valence-corrected chi connectivity index (χ2v) is 7.55. The molecule has 28 heavy (non-hydrogen) atoms. The fraction of sp³-hybridized carbons (Fsp3) is 0.0952. The van der Waals surface area contributed by atoms with Gasteiger partial charge < -0.3 is 4.42 Å². The van der Waals surface area contributed by atoms with Crippen molar-refractivity contribution in [3.63, 3.8) is 0 Å². The normalized spacial score (nSPS) is 10.9. The maximum absolute atomic E-state index is 12.5. The fourth-order valence-corrected chi connectivity index (χ4v) is 3.68. The number of nitrogens with zero attached hydrogens (tertiary/aromatic N) is 3. The van der Waals surface area contributed by atoms with Crippen molar-refractivity contribution in [1.82, 2.24) is 14.8 Å². The zero-order chi connectivity index (χ0) is 19.5. The van der Waals surface area contributed by atoms with Crippen LogP contribution in [0.15, 0.2) is 76.5 Å². The van der Waals surface area contributed by atoms with Crippen molar-refractivity contribution in [2.24, 2.45) is 0 Å². The van der Waals surface area contributed by atoms with Crippen LogP contribution in [0.2, 0.25) is 5.02 Å². The number of ketones is 1. The first-order chi connectivity index (χ1) is 13.6. The molecule has 0 aliphatic heterocycles. The molecule has 0 N–H and O–H groups in total. The predicted molar refractivity (Wildman–Crippen MR) is 110 cm³/mol. The molecule has 140 valence electrons. The minimum absolute atomic E-state index is 0.000304. The number of hydrogen-bond acceptors (Lipinski definition) is 5. The Morgan fingerprint density at radius 3 is 2.50 bits per heavy atom. The van der Waals surface area contributed by atoms with Crippen molar-refractivity contribution in [2.45, 2.75) is 12.1 Å². The number of aryl methyl sites for hydroxylation is 1. The number of furan rings is 1. The third-order valence-corrected chi connectivity index (χ3v) is 5.35. The highest BCUT2D eigenvalue weighted by Gasteiger charge is 2.19. The minimum Gasteiger partial charge on any atom is -0.461 e. The average Bonchev–Trinajstić information content (AvgIpc) is 3.37. The Hall–Kier alpha value is -2.83. The standard InChI is InChI=1S/C21H16ClN3O2S/c1-14-4-10-17(11-5-14)25-20(19-3-2-12-27-19)23-24-21(25)28-13-18(26)15-6-8-16(22)9-7-15/h2-12H,13H2,1H3. The number of carbonyl (C=O) groups is 1. The quantitative estimate of drug-likeness (QED) is 0.312. The summed E-state index contributed by atoms with van der Waals surface area (Å²) in [7, 11) is 0. The van der Waals surface area contributed by atoms with E-state index in [2.05, 4.69) is 10.2 Å². The van der Waals surface area contributed by atoms with Crippen LogP contribution in [-0.2, 0) is 0 Å². The van der Waals surface area contributed by atoms with E-state index in [1.807, 2.05) is 41.8 Å². The van der Waals surface area contributed by atoms with Crippen molar-refractivity contribution in [2.75, 3.05) is 5.75 Å². The smallest absolute Gasteiger partial charge is 0.205 e. The molecule has 0 unspecified atom stereocenters. The Bertz CT molecular complexity index is 1090. The number of hydrogen-bond donors (Lipinski definition) is 0. The Morgan fingerprint density at radius 2 is 1.82 bits per heavy atom. The summed E-state index contributed by atoms with van der Waals surface area (Å²) in [4.78, 5) is 12.5. The lowest BCUT2D eigenvalue weighted by molar-refractivity contribution is 0.102. The van der Waals surface area contributed by atoms with Crippen molar-refractivity contribution in [1.29, 1.82) is 0 Å². The maximum Gasteiger partial charge on any atom is 0.205 e. The van der Waals surface area contributed by atoms with E-state index in [-0.39, 0.29) is 11.5 Å². The van der Waals surface area contributed by atoms with E-state index in [1.54, 1.807) is 36.6 Å². The van der Waals surface area contributed by atoms with Crippen LogP contribution in [0.5, 0.6) is 0 Å². The molecule has 5 nitrogen and oxygen atoms in total. The average molecular weight is 410 g/mol. The van der Waals surface area contributed by atoms with E-state index >= 15 is 0 Å². The maximum atomic E-state index is 12.5. The molecule has 0 saturated heterocycles. The van der Waals surface area contributed by atoms with Crippen LogP contribution in [-0.4, -0.2) is 26.3 Å². The zero-order valence-corrected chi connectivity index (χ0v) is 16.6. The van der Waals surface area contributed by atoms with Crippen molar-refractivity contribution >= 4 is 29.1 Å². The summed E-state index contributed by atoms with van der Waals surface area (Å²) in [6.45, 7) is 2.03. The van der Waals surface area contributed by atoms with Crippen LogP contribution >= 0.6 is 23.4 Å². The van der Waals surface area contributed by atoms with Gasteiger partial charge in [-0.1, -0.05) is 41.1 Å². The first-order valence-corrected chi connectivity index (χ1v) is 9.96. The summed E-state index contributed by atoms with van der Waals surface area (Å²) in [6, 6.07) is 18.6. The Morgan fingerprint density at radius 1 is 1.07 bits per heavy atom. The molecule has 2 heterocycles. The van der Waals surface area contributed by atoms with E-state index in [4.69, 9.17) is 16.0 Å². The van der Waals surface area contributed by atoms with Crippen LogP contribution in [0.3, 0.4) is 0 Å². The summed E-state index contributed by atoms with van der Waals surface area (Å²) in [6.07, 6.45) is 1.60. The summed E-state index contributed by atoms with van der Waals surface area (Å²) in [5.41, 5.74) is 2.68. The number of aromatic nitrogens is 3. The molecule has 0 aliphatic carbocycles. The fourth-order valence-electron chi connectivity index (χ4n) is 2.70. The van der Waals surface area contributed by atoms with E-state index in [0.717, 1.165) is 11.3 Å². The lowest BCUT2D eigenvalue weighted by atomic mass is 10.1. The van der Waals surface area contributed by atoms with Gasteiger partial charge in [-0.25, -0.2) is 0 Å². The second kappa shape index (κ2) is 8.04.